The summed E-state index contributed by atoms with van der Waals surface area (Å²) in [4.78, 5) is 63.4. The second-order valence-corrected chi connectivity index (χ2v) is 14.6. The molecule has 5 rings (SSSR count). The fraction of sp³-hybridized carbons (Fsp3) is 0.524. The van der Waals surface area contributed by atoms with Crippen molar-refractivity contribution in [1.82, 2.24) is 24.4 Å². The molecule has 2 aromatic heterocycles. The SMILES string of the molecule is NC(=O)C1=CN(C2OC(COP(=O)(O)OP(=O)(O)OCC3OC(n4cnc5c(N)ncnc54)C(O)C3OP(=O)(O)O)C(O)C2O)C=CC1. The number of primary amides is 1. The summed E-state index contributed by atoms with van der Waals surface area (Å²) in [5.74, 6) is -0.776. The maximum Gasteiger partial charge on any atom is 0.481 e. The van der Waals surface area contributed by atoms with Gasteiger partial charge in [0, 0.05) is 18.0 Å². The molecule has 2 aromatic rings. The molecule has 0 aromatic carbocycles. The largest absolute Gasteiger partial charge is 0.481 e. The van der Waals surface area contributed by atoms with E-state index in [4.69, 9.17) is 25.5 Å². The number of ether oxygens (including phenoxy) is 2. The Bertz CT molecular complexity index is 1740. The molecule has 0 spiro atoms. The van der Waals surface area contributed by atoms with Crippen LogP contribution < -0.4 is 11.5 Å². The number of anilines is 1. The van der Waals surface area contributed by atoms with Gasteiger partial charge in [0.1, 0.15) is 48.5 Å². The third-order valence-electron chi connectivity index (χ3n) is 7.11. The molecular formula is C21H30N7O17P3. The zero-order valence-electron chi connectivity index (χ0n) is 24.1. The highest BCUT2D eigenvalue weighted by Crippen LogP contribution is 2.61. The van der Waals surface area contributed by atoms with Gasteiger partial charge in [-0.1, -0.05) is 6.08 Å². The molecule has 11 N–H and O–H groups in total. The number of aliphatic hydroxyl groups is 3. The molecule has 266 valence electrons. The van der Waals surface area contributed by atoms with Gasteiger partial charge in [0.25, 0.3) is 0 Å². The Kier molecular flexibility index (Phi) is 10.6. The predicted octanol–water partition coefficient (Wildman–Crippen LogP) is -2.57. The maximum absolute atomic E-state index is 12.6. The number of hydrogen-bond donors (Lipinski definition) is 9. The van der Waals surface area contributed by atoms with E-state index in [0.717, 1.165) is 17.2 Å². The van der Waals surface area contributed by atoms with Crippen LogP contribution in [-0.2, 0) is 45.8 Å². The quantitative estimate of drug-likeness (QED) is 0.0951. The van der Waals surface area contributed by atoms with Crippen molar-refractivity contribution in [2.45, 2.75) is 55.5 Å². The number of nitrogens with zero attached hydrogens (tertiary/aromatic N) is 5. The number of nitrogen functional groups attached to an aromatic ring is 1. The molecule has 5 heterocycles. The van der Waals surface area contributed by atoms with Crippen LogP contribution in [0, 0.1) is 0 Å². The van der Waals surface area contributed by atoms with E-state index in [2.05, 4.69) is 28.3 Å². The van der Waals surface area contributed by atoms with Gasteiger partial charge in [-0.25, -0.2) is 28.6 Å². The first-order chi connectivity index (χ1) is 22.4. The van der Waals surface area contributed by atoms with Crippen LogP contribution in [0.15, 0.2) is 36.7 Å². The predicted molar refractivity (Wildman–Crippen MR) is 153 cm³/mol. The highest BCUT2D eigenvalue weighted by atomic mass is 31.3. The third kappa shape index (κ3) is 8.17. The van der Waals surface area contributed by atoms with Crippen molar-refractivity contribution < 1.29 is 80.7 Å². The van der Waals surface area contributed by atoms with E-state index in [1.165, 1.54) is 23.4 Å². The summed E-state index contributed by atoms with van der Waals surface area (Å²) in [6.07, 6.45) is -6.47. The molecule has 10 unspecified atom stereocenters. The van der Waals surface area contributed by atoms with Crippen LogP contribution in [0.5, 0.6) is 0 Å². The van der Waals surface area contributed by atoms with Crippen molar-refractivity contribution in [2.75, 3.05) is 18.9 Å². The lowest BCUT2D eigenvalue weighted by molar-refractivity contribution is -0.115. The van der Waals surface area contributed by atoms with Crippen molar-refractivity contribution in [3.05, 3.63) is 36.7 Å². The van der Waals surface area contributed by atoms with Crippen LogP contribution >= 0.6 is 23.5 Å². The van der Waals surface area contributed by atoms with Gasteiger partial charge in [0.05, 0.1) is 19.5 Å². The maximum atomic E-state index is 12.6. The second-order valence-electron chi connectivity index (χ2n) is 10.4. The summed E-state index contributed by atoms with van der Waals surface area (Å²) in [6.45, 7) is -2.07. The van der Waals surface area contributed by atoms with Crippen molar-refractivity contribution in [2.24, 2.45) is 5.73 Å². The smallest absolute Gasteiger partial charge is 0.387 e. The van der Waals surface area contributed by atoms with Crippen molar-refractivity contribution >= 4 is 46.4 Å². The molecular weight excluding hydrogens is 715 g/mol. The van der Waals surface area contributed by atoms with E-state index in [1.54, 1.807) is 0 Å². The van der Waals surface area contributed by atoms with E-state index >= 15 is 0 Å². The summed E-state index contributed by atoms with van der Waals surface area (Å²) in [7, 11) is -16.4. The monoisotopic (exact) mass is 745 g/mol. The number of aromatic nitrogens is 4. The number of amides is 1. The van der Waals surface area contributed by atoms with Gasteiger partial charge < -0.3 is 60.7 Å². The molecule has 24 nitrogen and oxygen atoms in total. The van der Waals surface area contributed by atoms with E-state index in [-0.39, 0.29) is 29.0 Å². The van der Waals surface area contributed by atoms with Crippen molar-refractivity contribution in [3.63, 3.8) is 0 Å². The van der Waals surface area contributed by atoms with E-state index in [0.29, 0.717) is 0 Å². The van der Waals surface area contributed by atoms with Gasteiger partial charge >= 0.3 is 23.5 Å². The summed E-state index contributed by atoms with van der Waals surface area (Å²) in [5.41, 5.74) is 11.3. The molecule has 2 fully saturated rings. The van der Waals surface area contributed by atoms with Gasteiger partial charge in [-0.2, -0.15) is 4.31 Å². The Morgan fingerprint density at radius 2 is 1.58 bits per heavy atom. The number of phosphoric acid groups is 3. The molecule has 0 aliphatic carbocycles. The topological polar surface area (TPSA) is 364 Å². The number of hydrogen-bond acceptors (Lipinski definition) is 18. The minimum absolute atomic E-state index is 0.0343. The van der Waals surface area contributed by atoms with Crippen LogP contribution in [-0.4, -0.2) is 121 Å². The van der Waals surface area contributed by atoms with Gasteiger partial charge in [0.15, 0.2) is 23.9 Å². The summed E-state index contributed by atoms with van der Waals surface area (Å²) < 4.78 is 67.2. The minimum atomic E-state index is -5.56. The fourth-order valence-corrected chi connectivity index (χ4v) is 7.62. The first kappa shape index (κ1) is 36.5. The van der Waals surface area contributed by atoms with Crippen LogP contribution in [0.4, 0.5) is 5.82 Å². The van der Waals surface area contributed by atoms with Crippen LogP contribution in [0.1, 0.15) is 12.6 Å². The highest BCUT2D eigenvalue weighted by Gasteiger charge is 2.51. The van der Waals surface area contributed by atoms with Gasteiger partial charge in [0.2, 0.25) is 5.91 Å². The highest BCUT2D eigenvalue weighted by molar-refractivity contribution is 7.61. The van der Waals surface area contributed by atoms with Crippen LogP contribution in [0.25, 0.3) is 11.2 Å². The van der Waals surface area contributed by atoms with E-state index < -0.39 is 91.7 Å². The van der Waals surface area contributed by atoms with Crippen LogP contribution in [0.2, 0.25) is 0 Å². The van der Waals surface area contributed by atoms with Crippen molar-refractivity contribution in [1.29, 1.82) is 0 Å². The number of rotatable bonds is 13. The lowest BCUT2D eigenvalue weighted by Gasteiger charge is -2.28. The zero-order valence-corrected chi connectivity index (χ0v) is 26.8. The average Bonchev–Trinajstić information content (AvgIpc) is 3.64. The summed E-state index contributed by atoms with van der Waals surface area (Å²) in [5, 5.41) is 31.6. The number of nitrogens with two attached hydrogens (primary N) is 2. The molecule has 1 amide bonds. The molecule has 48 heavy (non-hydrogen) atoms. The molecule has 0 radical (unpaired) electrons. The number of allylic oxidation sites excluding steroid dienone is 1. The second kappa shape index (κ2) is 13.9. The number of aliphatic hydroxyl groups excluding tert-OH is 3. The minimum Gasteiger partial charge on any atom is -0.387 e. The summed E-state index contributed by atoms with van der Waals surface area (Å²) in [6, 6.07) is 0. The van der Waals surface area contributed by atoms with Gasteiger partial charge in [-0.05, 0) is 6.42 Å². The van der Waals surface area contributed by atoms with Gasteiger partial charge in [-0.3, -0.25) is 22.9 Å². The molecule has 3 aliphatic rings. The Balaban J connectivity index is 1.21. The summed E-state index contributed by atoms with van der Waals surface area (Å²) >= 11 is 0. The van der Waals surface area contributed by atoms with E-state index in [1.807, 2.05) is 0 Å². The number of phosphoric ester groups is 3. The standard InChI is InChI=1S/C21H30N7O17P3/c22-17-12-19(25-7-24-17)28(8-26-12)21-15(31)16(44-46(33,34)35)11(43-21)6-41-48(38,39)45-47(36,37)40-5-10-13(29)14(30)20(42-10)27-3-1-2-9(4-27)18(23)32/h1,3-4,7-8,10-11,13-16,20-21,29-31H,2,5-6H2,(H2,23,32)(H,36,37)(H,38,39)(H2,22,24,25)(H2,33,34,35). The molecule has 0 bridgehead atoms. The number of carbonyl (C=O) groups is 1. The van der Waals surface area contributed by atoms with E-state index in [9.17, 15) is 53.4 Å². The molecule has 3 aliphatic heterocycles. The fourth-order valence-electron chi connectivity index (χ4n) is 4.95. The first-order valence-electron chi connectivity index (χ1n) is 13.5. The van der Waals surface area contributed by atoms with Crippen LogP contribution in [0.3, 0.4) is 0 Å². The molecule has 2 saturated heterocycles. The molecule has 10 atom stereocenters. The molecule has 27 heteroatoms. The number of fused-ring (bicyclic) bond motifs is 1. The zero-order chi connectivity index (χ0) is 35.2. The Morgan fingerprint density at radius 1 is 0.938 bits per heavy atom. The number of imidazole rings is 1. The lowest BCUT2D eigenvalue weighted by atomic mass is 10.1. The van der Waals surface area contributed by atoms with Gasteiger partial charge in [-0.15, -0.1) is 0 Å². The Hall–Kier alpha value is -2.73. The third-order valence-corrected chi connectivity index (χ3v) is 10.2. The lowest BCUT2D eigenvalue weighted by Crippen LogP contribution is -2.40. The molecule has 0 saturated carbocycles. The Morgan fingerprint density at radius 3 is 2.23 bits per heavy atom. The first-order valence-corrected chi connectivity index (χ1v) is 18.0. The Labute approximate surface area is 268 Å². The average molecular weight is 745 g/mol. The normalized spacial score (nSPS) is 31.9. The number of carbonyl (C=O) groups excluding carboxylic acids is 1. The van der Waals surface area contributed by atoms with Crippen molar-refractivity contribution in [3.8, 4) is 0 Å².